The number of halogens is 2. The maximum Gasteiger partial charge on any atom is 0.322 e. The number of nitrogens with zero attached hydrogens (tertiary/aromatic N) is 1. The molecule has 0 aromatic heterocycles. The lowest BCUT2D eigenvalue weighted by Crippen LogP contribution is -2.39. The molecule has 8 heteroatoms. The van der Waals surface area contributed by atoms with Gasteiger partial charge in [-0.15, -0.1) is 0 Å². The quantitative estimate of drug-likeness (QED) is 0.820. The highest BCUT2D eigenvalue weighted by atomic mass is 35.5. The molecule has 1 atom stereocenters. The minimum atomic E-state index is -1.16. The van der Waals surface area contributed by atoms with Crippen LogP contribution in [0, 0.1) is 5.92 Å². The van der Waals surface area contributed by atoms with Crippen molar-refractivity contribution in [2.24, 2.45) is 5.92 Å². The summed E-state index contributed by atoms with van der Waals surface area (Å²) in [5.74, 6) is -3.08. The van der Waals surface area contributed by atoms with Gasteiger partial charge in [-0.25, -0.2) is 0 Å². The van der Waals surface area contributed by atoms with Crippen LogP contribution in [-0.4, -0.2) is 36.0 Å². The predicted octanol–water partition coefficient (Wildman–Crippen LogP) is 1.55. The van der Waals surface area contributed by atoms with Crippen LogP contribution in [0.15, 0.2) is 18.2 Å². The molecule has 0 bridgehead atoms. The molecule has 1 aromatic rings. The van der Waals surface area contributed by atoms with Gasteiger partial charge in [0.05, 0.1) is 10.7 Å². The Morgan fingerprint density at radius 1 is 1.38 bits per heavy atom. The maximum atomic E-state index is 12.3. The van der Waals surface area contributed by atoms with Crippen molar-refractivity contribution >= 4 is 46.7 Å². The molecule has 112 valence electrons. The summed E-state index contributed by atoms with van der Waals surface area (Å²) in [6.07, 6.45) is 0.299. The zero-order valence-electron chi connectivity index (χ0n) is 10.8. The van der Waals surface area contributed by atoms with Gasteiger partial charge in [-0.2, -0.15) is 0 Å². The number of carboxylic acids is 1. The van der Waals surface area contributed by atoms with E-state index in [0.717, 1.165) is 0 Å². The molecule has 2 amide bonds. The van der Waals surface area contributed by atoms with Crippen molar-refractivity contribution in [3.8, 4) is 0 Å². The smallest absolute Gasteiger partial charge is 0.322 e. The number of anilines is 1. The van der Waals surface area contributed by atoms with Gasteiger partial charge in [-0.05, 0) is 24.6 Å². The number of benzene rings is 1. The zero-order valence-corrected chi connectivity index (χ0v) is 12.3. The molecular weight excluding hydrogens is 319 g/mol. The Bertz CT molecular complexity index is 606. The Morgan fingerprint density at radius 2 is 2.10 bits per heavy atom. The molecule has 1 saturated heterocycles. The van der Waals surface area contributed by atoms with E-state index in [9.17, 15) is 14.4 Å². The molecule has 21 heavy (non-hydrogen) atoms. The molecule has 1 aliphatic heterocycles. The van der Waals surface area contributed by atoms with Gasteiger partial charge in [0.15, 0.2) is 0 Å². The average Bonchev–Trinajstić information content (AvgIpc) is 2.80. The molecule has 1 aliphatic rings. The van der Waals surface area contributed by atoms with E-state index in [1.54, 1.807) is 18.2 Å². The second-order valence-corrected chi connectivity index (χ2v) is 5.38. The van der Waals surface area contributed by atoms with E-state index in [-0.39, 0.29) is 0 Å². The largest absolute Gasteiger partial charge is 0.480 e. The van der Waals surface area contributed by atoms with E-state index in [1.165, 1.54) is 4.90 Å². The lowest BCUT2D eigenvalue weighted by Gasteiger charge is -2.18. The summed E-state index contributed by atoms with van der Waals surface area (Å²) in [5, 5.41) is 11.5. The number of carbonyl (C=O) groups excluding carboxylic acids is 2. The van der Waals surface area contributed by atoms with Crippen molar-refractivity contribution in [1.82, 2.24) is 5.32 Å². The summed E-state index contributed by atoms with van der Waals surface area (Å²) >= 11 is 11.9. The van der Waals surface area contributed by atoms with Crippen molar-refractivity contribution in [3.05, 3.63) is 28.2 Å². The lowest BCUT2D eigenvalue weighted by molar-refractivity contribution is -0.140. The van der Waals surface area contributed by atoms with E-state index >= 15 is 0 Å². The van der Waals surface area contributed by atoms with E-state index in [0.29, 0.717) is 28.7 Å². The molecule has 0 saturated carbocycles. The third kappa shape index (κ3) is 3.46. The molecule has 2 N–H and O–H groups in total. The van der Waals surface area contributed by atoms with Gasteiger partial charge in [-0.1, -0.05) is 23.2 Å². The highest BCUT2D eigenvalue weighted by molar-refractivity contribution is 6.36. The van der Waals surface area contributed by atoms with E-state index in [4.69, 9.17) is 28.3 Å². The third-order valence-corrected chi connectivity index (χ3v) is 3.69. The molecule has 6 nitrogen and oxygen atoms in total. The van der Waals surface area contributed by atoms with Gasteiger partial charge < -0.3 is 15.3 Å². The molecule has 2 rings (SSSR count). The fraction of sp³-hybridized carbons (Fsp3) is 0.308. The highest BCUT2D eigenvalue weighted by Crippen LogP contribution is 2.33. The summed E-state index contributed by atoms with van der Waals surface area (Å²) in [5.41, 5.74) is 0.447. The third-order valence-electron chi connectivity index (χ3n) is 3.13. The number of carbonyl (C=O) groups is 3. The van der Waals surface area contributed by atoms with E-state index in [2.05, 4.69) is 5.32 Å². The van der Waals surface area contributed by atoms with E-state index in [1.807, 2.05) is 0 Å². The van der Waals surface area contributed by atoms with Gasteiger partial charge in [0.1, 0.15) is 12.5 Å². The molecule has 0 spiro atoms. The number of rotatable bonds is 4. The zero-order chi connectivity index (χ0) is 15.6. The Balaban J connectivity index is 2.12. The number of hydrogen-bond donors (Lipinski definition) is 2. The first-order chi connectivity index (χ1) is 9.90. The molecule has 1 unspecified atom stereocenters. The molecule has 1 aromatic carbocycles. The van der Waals surface area contributed by atoms with Crippen molar-refractivity contribution in [1.29, 1.82) is 0 Å². The van der Waals surface area contributed by atoms with Crippen LogP contribution in [0.3, 0.4) is 0 Å². The minimum Gasteiger partial charge on any atom is -0.480 e. The summed E-state index contributed by atoms with van der Waals surface area (Å²) in [6.45, 7) is -0.190. The van der Waals surface area contributed by atoms with E-state index < -0.39 is 30.2 Å². The highest BCUT2D eigenvalue weighted by Gasteiger charge is 2.38. The van der Waals surface area contributed by atoms with Crippen LogP contribution < -0.4 is 10.2 Å². The number of carboxylic acid groups (broad SMARTS) is 1. The normalized spacial score (nSPS) is 17.9. The Hall–Kier alpha value is -1.79. The van der Waals surface area contributed by atoms with Crippen LogP contribution >= 0.6 is 23.2 Å². The molecular formula is C13H12Cl2N2O4. The molecule has 0 aliphatic carbocycles. The molecule has 1 fully saturated rings. The summed E-state index contributed by atoms with van der Waals surface area (Å²) in [7, 11) is 0. The maximum absolute atomic E-state index is 12.3. The topological polar surface area (TPSA) is 86.7 Å². The van der Waals surface area contributed by atoms with Crippen LogP contribution in [0.1, 0.15) is 6.42 Å². The Morgan fingerprint density at radius 3 is 2.76 bits per heavy atom. The van der Waals surface area contributed by atoms with Crippen molar-refractivity contribution in [2.75, 3.05) is 18.0 Å². The van der Waals surface area contributed by atoms with Gasteiger partial charge in [0, 0.05) is 11.6 Å². The monoisotopic (exact) mass is 330 g/mol. The summed E-state index contributed by atoms with van der Waals surface area (Å²) < 4.78 is 0. The van der Waals surface area contributed by atoms with Crippen LogP contribution in [-0.2, 0) is 14.4 Å². The van der Waals surface area contributed by atoms with Crippen LogP contribution in [0.25, 0.3) is 0 Å². The fourth-order valence-electron chi connectivity index (χ4n) is 2.14. The fourth-order valence-corrected chi connectivity index (χ4v) is 2.53. The Labute approximate surface area is 130 Å². The second kappa shape index (κ2) is 6.32. The Kier molecular flexibility index (Phi) is 4.69. The van der Waals surface area contributed by atoms with Gasteiger partial charge >= 0.3 is 5.97 Å². The van der Waals surface area contributed by atoms with Crippen LogP contribution in [0.4, 0.5) is 5.69 Å². The second-order valence-electron chi connectivity index (χ2n) is 4.54. The van der Waals surface area contributed by atoms with Gasteiger partial charge in [0.25, 0.3) is 0 Å². The predicted molar refractivity (Wildman–Crippen MR) is 77.6 cm³/mol. The summed E-state index contributed by atoms with van der Waals surface area (Å²) in [6, 6.07) is 4.73. The standard InChI is InChI=1S/C13H12Cl2N2O4/c14-7-1-2-9(15)10(5-7)17-4-3-8(13(17)21)12(20)16-6-11(18)19/h1-2,5,8H,3-4,6H2,(H,16,20)(H,18,19). The first-order valence-electron chi connectivity index (χ1n) is 6.16. The van der Waals surface area contributed by atoms with Crippen molar-refractivity contribution in [2.45, 2.75) is 6.42 Å². The summed E-state index contributed by atoms with van der Waals surface area (Å²) in [4.78, 5) is 35.9. The lowest BCUT2D eigenvalue weighted by atomic mass is 10.1. The number of aliphatic carboxylic acids is 1. The SMILES string of the molecule is O=C(O)CNC(=O)C1CCN(c2cc(Cl)ccc2Cl)C1=O. The first kappa shape index (κ1) is 15.6. The van der Waals surface area contributed by atoms with Crippen molar-refractivity contribution in [3.63, 3.8) is 0 Å². The molecule has 1 heterocycles. The van der Waals surface area contributed by atoms with Gasteiger partial charge in [0.2, 0.25) is 11.8 Å². The van der Waals surface area contributed by atoms with Crippen molar-refractivity contribution < 1.29 is 19.5 Å². The average molecular weight is 331 g/mol. The minimum absolute atomic E-state index is 0.299. The van der Waals surface area contributed by atoms with Crippen LogP contribution in [0.5, 0.6) is 0 Å². The number of nitrogens with one attached hydrogen (secondary N) is 1. The number of amides is 2. The first-order valence-corrected chi connectivity index (χ1v) is 6.91. The molecule has 0 radical (unpaired) electrons. The number of hydrogen-bond acceptors (Lipinski definition) is 3. The van der Waals surface area contributed by atoms with Crippen LogP contribution in [0.2, 0.25) is 10.0 Å². The van der Waals surface area contributed by atoms with Gasteiger partial charge in [-0.3, -0.25) is 14.4 Å².